The zero-order chi connectivity index (χ0) is 32.2. The third-order valence-electron chi connectivity index (χ3n) is 10.6. The predicted octanol–water partition coefficient (Wildman–Crippen LogP) is 6.14. The fraction of sp³-hybridized carbons (Fsp3) is 0.541. The van der Waals surface area contributed by atoms with Crippen LogP contribution in [0, 0.1) is 11.8 Å². The van der Waals surface area contributed by atoms with Gasteiger partial charge in [-0.15, -0.1) is 6.58 Å². The summed E-state index contributed by atoms with van der Waals surface area (Å²) >= 11 is 0. The quantitative estimate of drug-likeness (QED) is 0.256. The Labute approximate surface area is 269 Å². The maximum atomic E-state index is 14.7. The van der Waals surface area contributed by atoms with Gasteiger partial charge in [0.25, 0.3) is 0 Å². The molecule has 1 amide bonds. The highest BCUT2D eigenvalue weighted by Crippen LogP contribution is 2.49. The Hall–Kier alpha value is -3.10. The van der Waals surface area contributed by atoms with E-state index in [0.29, 0.717) is 56.5 Å². The summed E-state index contributed by atoms with van der Waals surface area (Å²) in [5.74, 6) is 0.416. The second-order valence-electron chi connectivity index (χ2n) is 13.3. The molecule has 1 aliphatic heterocycles. The van der Waals surface area contributed by atoms with E-state index in [2.05, 4.69) is 36.6 Å². The molecule has 0 aromatic heterocycles. The molecule has 2 unspecified atom stereocenters. The summed E-state index contributed by atoms with van der Waals surface area (Å²) in [6.07, 6.45) is 12.1. The molecule has 7 nitrogen and oxygen atoms in total. The average Bonchev–Trinajstić information content (AvgIpc) is 3.17. The molecule has 2 aromatic rings. The van der Waals surface area contributed by atoms with Crippen molar-refractivity contribution in [1.29, 1.82) is 0 Å². The topological polar surface area (TPSA) is 110 Å². The van der Waals surface area contributed by atoms with E-state index < -0.39 is 37.8 Å². The fourth-order valence-corrected chi connectivity index (χ4v) is 10.7. The summed E-state index contributed by atoms with van der Waals surface area (Å²) in [5.41, 5.74) is 8.23. The minimum atomic E-state index is -3.58. The van der Waals surface area contributed by atoms with Crippen LogP contribution in [-0.4, -0.2) is 55.7 Å². The van der Waals surface area contributed by atoms with Crippen LogP contribution in [-0.2, 0) is 21.7 Å². The number of carbonyl (C=O) groups excluding carboxylic acids is 1. The molecule has 3 N–H and O–H groups in total. The monoisotopic (exact) mass is 634 g/mol. The van der Waals surface area contributed by atoms with Crippen LogP contribution in [0.2, 0.25) is 0 Å². The van der Waals surface area contributed by atoms with Crippen molar-refractivity contribution in [2.24, 2.45) is 17.6 Å². The van der Waals surface area contributed by atoms with Crippen molar-refractivity contribution in [3.05, 3.63) is 84.0 Å². The molecule has 2 aliphatic carbocycles. The number of aliphatic hydroxyl groups excluding tert-OH is 1. The Morgan fingerprint density at radius 1 is 1.18 bits per heavy atom. The van der Waals surface area contributed by atoms with Gasteiger partial charge in [0.15, 0.2) is 9.84 Å². The second kappa shape index (κ2) is 14.1. The van der Waals surface area contributed by atoms with Crippen LogP contribution < -0.4 is 15.4 Å². The van der Waals surface area contributed by atoms with Crippen LogP contribution in [0.15, 0.2) is 67.3 Å². The molecule has 1 fully saturated rings. The number of aliphatic hydroxyl groups is 1. The van der Waals surface area contributed by atoms with Gasteiger partial charge in [0, 0.05) is 18.7 Å². The lowest BCUT2D eigenvalue weighted by Crippen LogP contribution is -2.59. The standard InChI is InChI=1S/C37H50N2O5S/c1-4-7-9-15-33(40)30-19-16-28(30)23-39-24-37(25-44-34-20-17-27(36(38)41)22-32(34)39)31-14-11-10-12-26(31)18-21-35(37)45(42,43)29(6-3)13-8-5-2/h5,9-12,14-15,17,20,22,28-30,33,35,40H,2,4,6-8,13,16,18-19,21,23-25H2,1,3H3,(H2,38,41)/b15-9+/t28-,29+,30+,33+,35?,37?/m0/s1. The van der Waals surface area contributed by atoms with Crippen LogP contribution in [0.5, 0.6) is 5.75 Å². The number of fused-ring (bicyclic) bond motifs is 3. The number of rotatable bonds is 13. The zero-order valence-electron chi connectivity index (χ0n) is 26.9. The molecule has 1 spiro atoms. The molecule has 6 atom stereocenters. The highest BCUT2D eigenvalue weighted by atomic mass is 32.2. The van der Waals surface area contributed by atoms with Gasteiger partial charge in [0.05, 0.1) is 27.7 Å². The normalized spacial score (nSPS) is 25.8. The van der Waals surface area contributed by atoms with Crippen molar-refractivity contribution in [3.63, 3.8) is 0 Å². The van der Waals surface area contributed by atoms with E-state index in [0.717, 1.165) is 42.5 Å². The number of hydrogen-bond donors (Lipinski definition) is 2. The number of unbranched alkanes of at least 4 members (excludes halogenated alkanes) is 1. The van der Waals surface area contributed by atoms with Gasteiger partial charge in [-0.1, -0.05) is 62.8 Å². The van der Waals surface area contributed by atoms with Crippen molar-refractivity contribution in [2.75, 3.05) is 24.6 Å². The van der Waals surface area contributed by atoms with Gasteiger partial charge in [0.1, 0.15) is 12.4 Å². The van der Waals surface area contributed by atoms with Crippen LogP contribution in [0.25, 0.3) is 0 Å². The van der Waals surface area contributed by atoms with Crippen molar-refractivity contribution < 1.29 is 23.1 Å². The lowest BCUT2D eigenvalue weighted by atomic mass is 9.68. The van der Waals surface area contributed by atoms with E-state index in [1.54, 1.807) is 24.3 Å². The van der Waals surface area contributed by atoms with Crippen LogP contribution in [0.4, 0.5) is 5.69 Å². The largest absolute Gasteiger partial charge is 0.490 e. The molecule has 1 saturated carbocycles. The summed E-state index contributed by atoms with van der Waals surface area (Å²) in [5, 5.41) is 9.96. The van der Waals surface area contributed by atoms with Gasteiger partial charge in [-0.05, 0) is 92.5 Å². The van der Waals surface area contributed by atoms with Gasteiger partial charge in [-0.25, -0.2) is 8.42 Å². The van der Waals surface area contributed by atoms with E-state index in [1.807, 2.05) is 25.1 Å². The first-order valence-corrected chi connectivity index (χ1v) is 18.4. The summed E-state index contributed by atoms with van der Waals surface area (Å²) < 4.78 is 36.0. The molecule has 0 saturated heterocycles. The third kappa shape index (κ3) is 6.59. The summed E-state index contributed by atoms with van der Waals surface area (Å²) in [6.45, 7) is 9.18. The van der Waals surface area contributed by atoms with Gasteiger partial charge >= 0.3 is 0 Å². The first-order chi connectivity index (χ1) is 21.7. The lowest BCUT2D eigenvalue weighted by molar-refractivity contribution is 0.0456. The number of anilines is 1. The summed E-state index contributed by atoms with van der Waals surface area (Å²) in [6, 6.07) is 13.5. The van der Waals surface area contributed by atoms with Crippen molar-refractivity contribution in [1.82, 2.24) is 0 Å². The Morgan fingerprint density at radius 3 is 2.67 bits per heavy atom. The lowest BCUT2D eigenvalue weighted by Gasteiger charge is -2.48. The molecule has 45 heavy (non-hydrogen) atoms. The minimum Gasteiger partial charge on any atom is -0.490 e. The van der Waals surface area contributed by atoms with Gasteiger partial charge in [-0.3, -0.25) is 4.79 Å². The first-order valence-electron chi connectivity index (χ1n) is 16.7. The highest BCUT2D eigenvalue weighted by Gasteiger charge is 2.55. The molecule has 3 aliphatic rings. The average molecular weight is 635 g/mol. The summed E-state index contributed by atoms with van der Waals surface area (Å²) in [4.78, 5) is 14.5. The van der Waals surface area contributed by atoms with Gasteiger partial charge in [-0.2, -0.15) is 0 Å². The molecular formula is C37H50N2O5S. The van der Waals surface area contributed by atoms with Gasteiger partial charge < -0.3 is 20.5 Å². The number of primary amides is 1. The van der Waals surface area contributed by atoms with E-state index in [1.165, 1.54) is 0 Å². The van der Waals surface area contributed by atoms with Gasteiger partial charge in [0.2, 0.25) is 5.91 Å². The Kier molecular flexibility index (Phi) is 10.4. The van der Waals surface area contributed by atoms with Crippen molar-refractivity contribution in [3.8, 4) is 5.75 Å². The number of sulfone groups is 1. The number of allylic oxidation sites excluding steroid dienone is 2. The number of benzene rings is 2. The fourth-order valence-electron chi connectivity index (χ4n) is 7.91. The van der Waals surface area contributed by atoms with E-state index >= 15 is 0 Å². The maximum Gasteiger partial charge on any atom is 0.248 e. The molecule has 0 radical (unpaired) electrons. The molecule has 1 heterocycles. The second-order valence-corrected chi connectivity index (χ2v) is 15.7. The highest BCUT2D eigenvalue weighted by molar-refractivity contribution is 7.92. The number of nitrogens with zero attached hydrogens (tertiary/aromatic N) is 1. The molecule has 0 bridgehead atoms. The number of carbonyl (C=O) groups is 1. The van der Waals surface area contributed by atoms with Crippen LogP contribution >= 0.6 is 0 Å². The predicted molar refractivity (Wildman–Crippen MR) is 182 cm³/mol. The number of aryl methyl sites for hydroxylation is 1. The van der Waals surface area contributed by atoms with Crippen molar-refractivity contribution in [2.45, 2.75) is 93.7 Å². The SMILES string of the molecule is C=CCC[C@@H](CC)S(=O)(=O)C1CCc2ccccc2C12COc1ccc(C(N)=O)cc1N(C[C@@H]1CC[C@H]1[C@H](O)/C=C/CCC)C2. The van der Waals surface area contributed by atoms with E-state index in [-0.39, 0.29) is 18.4 Å². The van der Waals surface area contributed by atoms with Crippen LogP contribution in [0.3, 0.4) is 0 Å². The number of nitrogens with two attached hydrogens (primary N) is 1. The first kappa shape index (κ1) is 33.3. The van der Waals surface area contributed by atoms with Crippen LogP contribution in [0.1, 0.15) is 86.7 Å². The maximum absolute atomic E-state index is 14.7. The molecule has 8 heteroatoms. The smallest absolute Gasteiger partial charge is 0.248 e. The Morgan fingerprint density at radius 2 is 1.98 bits per heavy atom. The zero-order valence-corrected chi connectivity index (χ0v) is 27.7. The Balaban J connectivity index is 1.60. The van der Waals surface area contributed by atoms with E-state index in [4.69, 9.17) is 10.5 Å². The molecule has 2 aromatic carbocycles. The molecule has 5 rings (SSSR count). The molecular weight excluding hydrogens is 584 g/mol. The minimum absolute atomic E-state index is 0.113. The summed E-state index contributed by atoms with van der Waals surface area (Å²) in [7, 11) is -3.58. The molecule has 244 valence electrons. The van der Waals surface area contributed by atoms with Crippen molar-refractivity contribution >= 4 is 21.4 Å². The Bertz CT molecular complexity index is 1500. The van der Waals surface area contributed by atoms with E-state index in [9.17, 15) is 18.3 Å². The third-order valence-corrected chi connectivity index (χ3v) is 13.5. The number of hydrogen-bond acceptors (Lipinski definition) is 6. The number of ether oxygens (including phenoxy) is 1. The number of amides is 1.